The highest BCUT2D eigenvalue weighted by molar-refractivity contribution is 5.46. The molecule has 0 spiro atoms. The number of anilines is 3. The fourth-order valence-electron chi connectivity index (χ4n) is 3.59. The molecule has 36 heavy (non-hydrogen) atoms. The van der Waals surface area contributed by atoms with E-state index in [0.717, 1.165) is 30.0 Å². The number of fused-ring (bicyclic) bond motifs is 1. The molecule has 0 aliphatic carbocycles. The smallest absolute Gasteiger partial charge is 0.231 e. The van der Waals surface area contributed by atoms with Crippen molar-refractivity contribution in [1.82, 2.24) is 15.0 Å². The highest BCUT2D eigenvalue weighted by Crippen LogP contribution is 2.32. The van der Waals surface area contributed by atoms with Gasteiger partial charge in [-0.15, -0.1) is 0 Å². The normalized spacial score (nSPS) is 12.1. The van der Waals surface area contributed by atoms with E-state index in [-0.39, 0.29) is 6.79 Å². The van der Waals surface area contributed by atoms with Gasteiger partial charge < -0.3 is 40.6 Å². The van der Waals surface area contributed by atoms with Gasteiger partial charge in [-0.05, 0) is 24.1 Å². The van der Waals surface area contributed by atoms with Crippen molar-refractivity contribution in [2.24, 2.45) is 5.73 Å². The maximum absolute atomic E-state index is 5.57. The molecule has 0 saturated heterocycles. The van der Waals surface area contributed by atoms with Gasteiger partial charge in [0.2, 0.25) is 24.6 Å². The van der Waals surface area contributed by atoms with Crippen molar-refractivity contribution in [3.05, 3.63) is 23.8 Å². The third-order valence-electron chi connectivity index (χ3n) is 5.50. The lowest BCUT2D eigenvalue weighted by Gasteiger charge is -2.12. The van der Waals surface area contributed by atoms with Crippen LogP contribution in [0.4, 0.5) is 17.8 Å². The molecule has 0 saturated carbocycles. The molecular formula is C25H41N7O4. The van der Waals surface area contributed by atoms with Gasteiger partial charge in [-0.1, -0.05) is 45.1 Å². The number of unbranched alkanes of at least 4 members (excludes halogenated alkanes) is 5. The average molecular weight is 504 g/mol. The molecule has 0 fully saturated rings. The van der Waals surface area contributed by atoms with Crippen LogP contribution in [0.2, 0.25) is 0 Å². The summed E-state index contributed by atoms with van der Waals surface area (Å²) in [6.45, 7) is 7.05. The van der Waals surface area contributed by atoms with E-state index in [0.29, 0.717) is 63.9 Å². The summed E-state index contributed by atoms with van der Waals surface area (Å²) in [5.74, 6) is 3.05. The van der Waals surface area contributed by atoms with Crippen LogP contribution in [0.25, 0.3) is 0 Å². The van der Waals surface area contributed by atoms with E-state index in [1.807, 2.05) is 18.2 Å². The largest absolute Gasteiger partial charge is 0.454 e. The first-order valence-electron chi connectivity index (χ1n) is 13.0. The van der Waals surface area contributed by atoms with Crippen LogP contribution in [0, 0.1) is 0 Å². The standard InChI is InChI=1S/C25H41N7O4/c1-2-3-4-5-6-7-11-27-23-30-24(28-12-14-34-16-15-33-13-10-26)32-25(31-23)29-18-20-8-9-21-22(17-20)36-19-35-21/h8-9,17H,2-7,10-16,18-19,26H2,1H3,(H3,27,28,29,30,31,32). The molecule has 1 aromatic carbocycles. The molecule has 1 aromatic heterocycles. The third-order valence-corrected chi connectivity index (χ3v) is 5.50. The Kier molecular flexibility index (Phi) is 12.9. The van der Waals surface area contributed by atoms with Gasteiger partial charge in [0.05, 0.1) is 26.4 Å². The Morgan fingerprint density at radius 1 is 0.778 bits per heavy atom. The minimum absolute atomic E-state index is 0.257. The Hall–Kier alpha value is -2.89. The molecule has 11 nitrogen and oxygen atoms in total. The number of nitrogens with two attached hydrogens (primary N) is 1. The molecule has 11 heteroatoms. The number of ether oxygens (including phenoxy) is 4. The zero-order chi connectivity index (χ0) is 25.3. The number of hydrogen-bond donors (Lipinski definition) is 4. The fourth-order valence-corrected chi connectivity index (χ4v) is 3.59. The molecule has 2 heterocycles. The number of rotatable bonds is 20. The third kappa shape index (κ3) is 10.4. The zero-order valence-electron chi connectivity index (χ0n) is 21.4. The second-order valence-corrected chi connectivity index (χ2v) is 8.48. The maximum atomic E-state index is 5.57. The molecule has 0 unspecified atom stereocenters. The monoisotopic (exact) mass is 503 g/mol. The summed E-state index contributed by atoms with van der Waals surface area (Å²) in [6.07, 6.45) is 7.40. The van der Waals surface area contributed by atoms with Crippen LogP contribution >= 0.6 is 0 Å². The molecule has 200 valence electrons. The van der Waals surface area contributed by atoms with E-state index in [2.05, 4.69) is 37.8 Å². The van der Waals surface area contributed by atoms with Crippen LogP contribution in [-0.2, 0) is 16.0 Å². The predicted octanol–water partition coefficient (Wildman–Crippen LogP) is 3.39. The van der Waals surface area contributed by atoms with Crippen LogP contribution in [0.1, 0.15) is 51.0 Å². The SMILES string of the molecule is CCCCCCCCNc1nc(NCCOCCOCCN)nc(NCc2ccc3c(c2)OCO3)n1. The van der Waals surface area contributed by atoms with E-state index in [9.17, 15) is 0 Å². The summed E-state index contributed by atoms with van der Waals surface area (Å²) in [5.41, 5.74) is 6.45. The molecule has 0 atom stereocenters. The molecular weight excluding hydrogens is 462 g/mol. The summed E-state index contributed by atoms with van der Waals surface area (Å²) in [7, 11) is 0. The van der Waals surface area contributed by atoms with Crippen molar-refractivity contribution in [3.63, 3.8) is 0 Å². The van der Waals surface area contributed by atoms with E-state index < -0.39 is 0 Å². The van der Waals surface area contributed by atoms with Crippen LogP contribution in [-0.4, -0.2) is 67.8 Å². The van der Waals surface area contributed by atoms with Crippen molar-refractivity contribution in [1.29, 1.82) is 0 Å². The molecule has 0 amide bonds. The van der Waals surface area contributed by atoms with E-state index in [1.165, 1.54) is 32.1 Å². The quantitative estimate of drug-likeness (QED) is 0.198. The Labute approximate surface area is 213 Å². The summed E-state index contributed by atoms with van der Waals surface area (Å²) in [4.78, 5) is 13.6. The number of hydrogen-bond acceptors (Lipinski definition) is 11. The fraction of sp³-hybridized carbons (Fsp3) is 0.640. The van der Waals surface area contributed by atoms with Gasteiger partial charge in [0, 0.05) is 26.2 Å². The van der Waals surface area contributed by atoms with Crippen LogP contribution in [0.5, 0.6) is 11.5 Å². The van der Waals surface area contributed by atoms with E-state index >= 15 is 0 Å². The van der Waals surface area contributed by atoms with Crippen LogP contribution in [0.15, 0.2) is 18.2 Å². The van der Waals surface area contributed by atoms with Crippen molar-refractivity contribution in [3.8, 4) is 11.5 Å². The second-order valence-electron chi connectivity index (χ2n) is 8.48. The molecule has 2 aromatic rings. The zero-order valence-corrected chi connectivity index (χ0v) is 21.4. The first-order valence-corrected chi connectivity index (χ1v) is 13.0. The molecule has 1 aliphatic heterocycles. The van der Waals surface area contributed by atoms with Crippen molar-refractivity contribution >= 4 is 17.8 Å². The van der Waals surface area contributed by atoms with Crippen molar-refractivity contribution in [2.45, 2.75) is 52.0 Å². The summed E-state index contributed by atoms with van der Waals surface area (Å²) in [6, 6.07) is 5.86. The topological polar surface area (TPSA) is 138 Å². The van der Waals surface area contributed by atoms with Gasteiger partial charge in [-0.2, -0.15) is 15.0 Å². The second kappa shape index (κ2) is 16.7. The van der Waals surface area contributed by atoms with Gasteiger partial charge in [-0.25, -0.2) is 0 Å². The summed E-state index contributed by atoms with van der Waals surface area (Å²) >= 11 is 0. The Bertz CT molecular complexity index is 887. The highest BCUT2D eigenvalue weighted by Gasteiger charge is 2.13. The van der Waals surface area contributed by atoms with Crippen LogP contribution in [0.3, 0.4) is 0 Å². The maximum Gasteiger partial charge on any atom is 0.231 e. The summed E-state index contributed by atoms with van der Waals surface area (Å²) in [5, 5.41) is 9.85. The number of aromatic nitrogens is 3. The minimum Gasteiger partial charge on any atom is -0.454 e. The molecule has 3 rings (SSSR count). The Morgan fingerprint density at radius 2 is 1.44 bits per heavy atom. The summed E-state index contributed by atoms with van der Waals surface area (Å²) < 4.78 is 21.7. The predicted molar refractivity (Wildman–Crippen MR) is 141 cm³/mol. The average Bonchev–Trinajstić information content (AvgIpc) is 3.36. The van der Waals surface area contributed by atoms with Gasteiger partial charge in [0.15, 0.2) is 11.5 Å². The molecule has 0 radical (unpaired) electrons. The number of nitrogens with zero attached hydrogens (tertiary/aromatic N) is 3. The Morgan fingerprint density at radius 3 is 2.22 bits per heavy atom. The van der Waals surface area contributed by atoms with E-state index in [1.54, 1.807) is 0 Å². The Balaban J connectivity index is 1.50. The van der Waals surface area contributed by atoms with Crippen molar-refractivity contribution in [2.75, 3.05) is 68.8 Å². The molecule has 0 bridgehead atoms. The molecule has 1 aliphatic rings. The first-order chi connectivity index (χ1) is 17.8. The minimum atomic E-state index is 0.257. The lowest BCUT2D eigenvalue weighted by molar-refractivity contribution is 0.0547. The lowest BCUT2D eigenvalue weighted by atomic mass is 10.1. The van der Waals surface area contributed by atoms with Gasteiger partial charge in [0.1, 0.15) is 0 Å². The lowest BCUT2D eigenvalue weighted by Crippen LogP contribution is -2.17. The van der Waals surface area contributed by atoms with Gasteiger partial charge in [-0.3, -0.25) is 0 Å². The first kappa shape index (κ1) is 27.7. The molecule has 5 N–H and O–H groups in total. The number of benzene rings is 1. The van der Waals surface area contributed by atoms with Crippen LogP contribution < -0.4 is 31.2 Å². The van der Waals surface area contributed by atoms with Gasteiger partial charge in [0.25, 0.3) is 0 Å². The number of nitrogens with one attached hydrogen (secondary N) is 3. The van der Waals surface area contributed by atoms with Gasteiger partial charge >= 0.3 is 0 Å². The van der Waals surface area contributed by atoms with Crippen molar-refractivity contribution < 1.29 is 18.9 Å². The highest BCUT2D eigenvalue weighted by atomic mass is 16.7. The van der Waals surface area contributed by atoms with E-state index in [4.69, 9.17) is 24.7 Å².